The molecule has 0 bridgehead atoms. The van der Waals surface area contributed by atoms with Crippen molar-refractivity contribution in [3.8, 4) is 0 Å². The molecule has 0 aromatic rings. The number of hydrogen-bond donors (Lipinski definition) is 0. The minimum Gasteiger partial charge on any atom is -0.392 e. The summed E-state index contributed by atoms with van der Waals surface area (Å²) in [5, 5.41) is 0. The van der Waals surface area contributed by atoms with Crippen LogP contribution in [0.1, 0.15) is 46.0 Å². The third-order valence-electron chi connectivity index (χ3n) is 4.03. The monoisotopic (exact) mass is 317 g/mol. The van der Waals surface area contributed by atoms with Gasteiger partial charge in [-0.15, -0.1) is 0 Å². The Bertz CT molecular complexity index is 238. The predicted octanol–water partition coefficient (Wildman–Crippen LogP) is 3.41. The van der Waals surface area contributed by atoms with E-state index in [0.29, 0.717) is 26.4 Å². The van der Waals surface area contributed by atoms with Crippen LogP contribution < -0.4 is 0 Å². The maximum atomic E-state index is 5.99. The van der Waals surface area contributed by atoms with Gasteiger partial charge < -0.3 is 18.5 Å². The lowest BCUT2D eigenvalue weighted by molar-refractivity contribution is 0.0261. The topological polar surface area (TPSA) is 30.9 Å². The lowest BCUT2D eigenvalue weighted by Gasteiger charge is -2.30. The molecule has 0 aromatic carbocycles. The summed E-state index contributed by atoms with van der Waals surface area (Å²) in [6.07, 6.45) is 6.37. The second kappa shape index (κ2) is 11.6. The van der Waals surface area contributed by atoms with E-state index in [9.17, 15) is 0 Å². The molecule has 0 saturated carbocycles. The van der Waals surface area contributed by atoms with Gasteiger partial charge >= 0.3 is 8.56 Å². The lowest BCUT2D eigenvalue weighted by Crippen LogP contribution is -2.43. The Labute approximate surface area is 132 Å². The Morgan fingerprint density at radius 1 is 0.810 bits per heavy atom. The highest BCUT2D eigenvalue weighted by atomic mass is 28.4. The molecule has 21 heavy (non-hydrogen) atoms. The van der Waals surface area contributed by atoms with Gasteiger partial charge in [-0.2, -0.15) is 0 Å². The highest BCUT2D eigenvalue weighted by molar-refractivity contribution is 6.66. The molecule has 4 nitrogen and oxygen atoms in total. The fourth-order valence-corrected chi connectivity index (χ4v) is 4.85. The van der Waals surface area contributed by atoms with Crippen LogP contribution in [-0.2, 0) is 13.6 Å². The summed E-state index contributed by atoms with van der Waals surface area (Å²) in [4.78, 5) is 2.62. The standard InChI is InChI=1S/C16H35NO3Si/c1-4-6-9-17(10-7-5-2)11-8-16-21(3)19-14-12-18-13-15-20-21/h4-16H2,1-3H3. The molecule has 1 aliphatic rings. The quantitative estimate of drug-likeness (QED) is 0.578. The van der Waals surface area contributed by atoms with E-state index < -0.39 is 8.56 Å². The summed E-state index contributed by atoms with van der Waals surface area (Å²) in [6.45, 7) is 13.2. The van der Waals surface area contributed by atoms with E-state index in [1.807, 2.05) is 0 Å². The van der Waals surface area contributed by atoms with E-state index in [1.165, 1.54) is 51.7 Å². The lowest BCUT2D eigenvalue weighted by atomic mass is 10.2. The maximum absolute atomic E-state index is 5.99. The minimum atomic E-state index is -1.96. The van der Waals surface area contributed by atoms with Crippen molar-refractivity contribution in [2.24, 2.45) is 0 Å². The van der Waals surface area contributed by atoms with E-state index in [2.05, 4.69) is 25.3 Å². The van der Waals surface area contributed by atoms with Gasteiger partial charge in [0.1, 0.15) is 0 Å². The van der Waals surface area contributed by atoms with E-state index in [1.54, 1.807) is 0 Å². The third kappa shape index (κ3) is 8.93. The largest absolute Gasteiger partial charge is 0.392 e. The van der Waals surface area contributed by atoms with Gasteiger partial charge in [0.25, 0.3) is 0 Å². The zero-order chi connectivity index (χ0) is 15.4. The van der Waals surface area contributed by atoms with Gasteiger partial charge in [-0.05, 0) is 51.5 Å². The van der Waals surface area contributed by atoms with Gasteiger partial charge in [0.05, 0.1) is 26.4 Å². The summed E-state index contributed by atoms with van der Waals surface area (Å²) in [5.41, 5.74) is 0. The number of unbranched alkanes of at least 4 members (excludes halogenated alkanes) is 2. The van der Waals surface area contributed by atoms with Crippen molar-refractivity contribution < 1.29 is 13.6 Å². The van der Waals surface area contributed by atoms with Crippen LogP contribution >= 0.6 is 0 Å². The third-order valence-corrected chi connectivity index (χ3v) is 6.92. The smallest absolute Gasteiger partial charge is 0.335 e. The minimum absolute atomic E-state index is 0.693. The molecule has 0 spiro atoms. The van der Waals surface area contributed by atoms with Gasteiger partial charge in [-0.1, -0.05) is 26.7 Å². The molecule has 0 radical (unpaired) electrons. The fourth-order valence-electron chi connectivity index (χ4n) is 2.64. The number of rotatable bonds is 10. The molecule has 0 amide bonds. The summed E-state index contributed by atoms with van der Waals surface area (Å²) in [7, 11) is -1.96. The maximum Gasteiger partial charge on any atom is 0.335 e. The molecular weight excluding hydrogens is 282 g/mol. The summed E-state index contributed by atoms with van der Waals surface area (Å²) < 4.78 is 17.3. The van der Waals surface area contributed by atoms with Gasteiger partial charge in [-0.25, -0.2) is 0 Å². The number of hydrogen-bond acceptors (Lipinski definition) is 4. The number of nitrogens with zero attached hydrogens (tertiary/aromatic N) is 1. The first kappa shape index (κ1) is 19.1. The average Bonchev–Trinajstić information content (AvgIpc) is 2.46. The summed E-state index contributed by atoms with van der Waals surface area (Å²) >= 11 is 0. The molecule has 5 heteroatoms. The number of ether oxygens (including phenoxy) is 1. The molecule has 0 N–H and O–H groups in total. The van der Waals surface area contributed by atoms with Crippen LogP contribution in [0.3, 0.4) is 0 Å². The van der Waals surface area contributed by atoms with Gasteiger partial charge in [0, 0.05) is 0 Å². The molecule has 0 aliphatic carbocycles. The first-order chi connectivity index (χ1) is 10.2. The molecule has 0 unspecified atom stereocenters. The van der Waals surface area contributed by atoms with Crippen molar-refractivity contribution in [3.05, 3.63) is 0 Å². The Morgan fingerprint density at radius 2 is 1.33 bits per heavy atom. The van der Waals surface area contributed by atoms with Crippen LogP contribution in [0.5, 0.6) is 0 Å². The molecule has 0 atom stereocenters. The van der Waals surface area contributed by atoms with Crippen LogP contribution in [0.25, 0.3) is 0 Å². The highest BCUT2D eigenvalue weighted by Crippen LogP contribution is 2.18. The summed E-state index contributed by atoms with van der Waals surface area (Å²) in [6, 6.07) is 1.10. The van der Waals surface area contributed by atoms with Crippen molar-refractivity contribution in [1.82, 2.24) is 4.90 Å². The van der Waals surface area contributed by atoms with E-state index in [0.717, 1.165) is 6.04 Å². The van der Waals surface area contributed by atoms with Crippen LogP contribution in [0, 0.1) is 0 Å². The Balaban J connectivity index is 2.28. The second-order valence-corrected chi connectivity index (χ2v) is 9.44. The predicted molar refractivity (Wildman–Crippen MR) is 90.0 cm³/mol. The zero-order valence-corrected chi connectivity index (χ0v) is 15.4. The van der Waals surface area contributed by atoms with Crippen LogP contribution in [0.4, 0.5) is 0 Å². The highest BCUT2D eigenvalue weighted by Gasteiger charge is 2.32. The Morgan fingerprint density at radius 3 is 1.86 bits per heavy atom. The first-order valence-corrected chi connectivity index (χ1v) is 11.3. The molecule has 1 rings (SSSR count). The normalized spacial score (nSPS) is 19.4. The van der Waals surface area contributed by atoms with Crippen molar-refractivity contribution in [1.29, 1.82) is 0 Å². The molecule has 126 valence electrons. The molecule has 1 aliphatic heterocycles. The first-order valence-electron chi connectivity index (χ1n) is 8.78. The van der Waals surface area contributed by atoms with Crippen LogP contribution in [-0.4, -0.2) is 59.5 Å². The second-order valence-electron chi connectivity index (χ2n) is 6.10. The van der Waals surface area contributed by atoms with Gasteiger partial charge in [0.2, 0.25) is 0 Å². The van der Waals surface area contributed by atoms with Crippen LogP contribution in [0.15, 0.2) is 0 Å². The SMILES string of the molecule is CCCCN(CCCC)CCC[Si]1(C)OCCOCCO1. The van der Waals surface area contributed by atoms with Gasteiger partial charge in [-0.3, -0.25) is 0 Å². The molecule has 1 fully saturated rings. The van der Waals surface area contributed by atoms with Crippen molar-refractivity contribution in [2.75, 3.05) is 46.1 Å². The molecule has 1 saturated heterocycles. The van der Waals surface area contributed by atoms with E-state index >= 15 is 0 Å². The van der Waals surface area contributed by atoms with Crippen LogP contribution in [0.2, 0.25) is 12.6 Å². The van der Waals surface area contributed by atoms with Crippen molar-refractivity contribution in [2.45, 2.75) is 58.5 Å². The fraction of sp³-hybridized carbons (Fsp3) is 1.00. The zero-order valence-electron chi connectivity index (χ0n) is 14.4. The average molecular weight is 318 g/mol. The summed E-state index contributed by atoms with van der Waals surface area (Å²) in [5.74, 6) is 0. The van der Waals surface area contributed by atoms with E-state index in [-0.39, 0.29) is 0 Å². The van der Waals surface area contributed by atoms with Crippen molar-refractivity contribution in [3.63, 3.8) is 0 Å². The van der Waals surface area contributed by atoms with Gasteiger partial charge in [0.15, 0.2) is 0 Å². The Hall–Kier alpha value is 0.0569. The molecule has 0 aromatic heterocycles. The molecule has 1 heterocycles. The van der Waals surface area contributed by atoms with Crippen molar-refractivity contribution >= 4 is 8.56 Å². The van der Waals surface area contributed by atoms with E-state index in [4.69, 9.17) is 13.6 Å². The Kier molecular flexibility index (Phi) is 10.6. The molecular formula is C16H35NO3Si.